The summed E-state index contributed by atoms with van der Waals surface area (Å²) in [5.41, 5.74) is 0. The third kappa shape index (κ3) is 14.6. The molecule has 0 saturated carbocycles. The van der Waals surface area contributed by atoms with E-state index < -0.39 is 299 Å². The van der Waals surface area contributed by atoms with Gasteiger partial charge in [0.05, 0.1) is 59.5 Å². The molecule has 9 rings (SSSR count). The summed E-state index contributed by atoms with van der Waals surface area (Å²) in [4.78, 5) is 0. The molecule has 0 aromatic carbocycles. The van der Waals surface area contributed by atoms with Gasteiger partial charge < -0.3 is 198 Å². The molecule has 23 N–H and O–H groups in total. The molecule has 9 aliphatic heterocycles. The third-order valence-corrected chi connectivity index (χ3v) is 16.6. The van der Waals surface area contributed by atoms with Crippen LogP contribution < -0.4 is 0 Å². The minimum atomic E-state index is -2.00. The van der Waals surface area contributed by atoms with Crippen molar-refractivity contribution >= 4 is 0 Å². The molecule has 39 atom stereocenters. The van der Waals surface area contributed by atoms with E-state index in [4.69, 9.17) is 80.5 Å². The van der Waals surface area contributed by atoms with Crippen LogP contribution in [0.1, 0.15) is 0 Å². The van der Waals surface area contributed by atoms with Gasteiger partial charge in [0.2, 0.25) is 0 Å². The molecule has 0 aromatic heterocycles. The molecule has 9 saturated heterocycles. The summed E-state index contributed by atoms with van der Waals surface area (Å²) < 4.78 is 96.8. The predicted octanol–water partition coefficient (Wildman–Crippen LogP) is -16.8. The van der Waals surface area contributed by atoms with Crippen LogP contribution in [0.2, 0.25) is 0 Å². The molecular formula is C48H80O40. The summed E-state index contributed by atoms with van der Waals surface area (Å²) >= 11 is 0. The molecule has 0 spiro atoms. The minimum absolute atomic E-state index is 0.666. The predicted molar refractivity (Wildman–Crippen MR) is 261 cm³/mol. The number of rotatable bonds is 25. The third-order valence-electron chi connectivity index (χ3n) is 16.6. The van der Waals surface area contributed by atoms with E-state index in [1.807, 2.05) is 0 Å². The molecule has 0 aliphatic carbocycles. The highest BCUT2D eigenvalue weighted by atomic mass is 16.8. The molecule has 0 radical (unpaired) electrons. The molecule has 9 aliphatic rings. The summed E-state index contributed by atoms with van der Waals surface area (Å²) in [6.45, 7) is -7.24. The molecule has 9 fully saturated rings. The van der Waals surface area contributed by atoms with Gasteiger partial charge in [-0.15, -0.1) is 0 Å². The maximum Gasteiger partial charge on any atom is 0.187 e. The Morgan fingerprint density at radius 3 is 0.886 bits per heavy atom. The van der Waals surface area contributed by atoms with Gasteiger partial charge in [0.25, 0.3) is 0 Å². The average Bonchev–Trinajstić information content (AvgIpc) is 2.00. The first-order valence-corrected chi connectivity index (χ1v) is 28.1. The summed E-state index contributed by atoms with van der Waals surface area (Å²) in [5.74, 6) is 0. The highest BCUT2D eigenvalue weighted by molar-refractivity contribution is 4.99. The quantitative estimate of drug-likeness (QED) is 0.0404. The largest absolute Gasteiger partial charge is 0.394 e. The second-order valence-electron chi connectivity index (χ2n) is 22.4. The Bertz CT molecular complexity index is 2130. The van der Waals surface area contributed by atoms with E-state index in [0.717, 1.165) is 0 Å². The first kappa shape index (κ1) is 70.7. The van der Waals surface area contributed by atoms with Crippen molar-refractivity contribution in [3.05, 3.63) is 0 Å². The number of hydrogen-bond donors (Lipinski definition) is 23. The molecule has 0 unspecified atom stereocenters. The molecule has 0 aromatic rings. The monoisotopic (exact) mass is 1300 g/mol. The van der Waals surface area contributed by atoms with E-state index in [1.165, 1.54) is 0 Å². The molecule has 9 heterocycles. The van der Waals surface area contributed by atoms with E-state index >= 15 is 0 Å². The fraction of sp³-hybridized carbons (Fsp3) is 1.00. The van der Waals surface area contributed by atoms with Crippen molar-refractivity contribution in [2.45, 2.75) is 240 Å². The van der Waals surface area contributed by atoms with Crippen molar-refractivity contribution in [3.63, 3.8) is 0 Å². The SMILES string of the molecule is OC[C@H]1O[C@H](OC[C@H]2O[C@@H](O[C@@H]3[C@@H](O[C@H]4[C@H](O)[C@@H](OC[C@H]5O[C@H](O)[C@@H](O)[C@@H]5O)O[C@@H]4CO[C@H]4O[C@H](CO)[C@@H](O)[C@@H]4O[C@@H]4O[C@H](CO[C@H]5O[C@H](CO)[C@@H](O)[C@H](O)[C@@H]5O[C@H]5O[C@H](CO)[C@@H](O)[C@H](O)[C@@H]5O)[C@@H](O)[C@@H]4O)O[C@H](CO)[C@H]3O)[C@@H](O)[C@@H]2O)[C@@H](O)[C@@H](O)[C@@H]1O. The first-order valence-electron chi connectivity index (χ1n) is 28.1. The Labute approximate surface area is 496 Å². The molecule has 40 nitrogen and oxygen atoms in total. The number of aliphatic hydroxyl groups excluding tert-OH is 23. The Morgan fingerprint density at radius 2 is 0.455 bits per heavy atom. The Hall–Kier alpha value is -1.60. The topological polar surface area (TPSA) is 622 Å². The summed E-state index contributed by atoms with van der Waals surface area (Å²) in [6.07, 6.45) is -68.7. The van der Waals surface area contributed by atoms with Gasteiger partial charge in [-0.05, 0) is 0 Å². The van der Waals surface area contributed by atoms with Crippen LogP contribution in [0.5, 0.6) is 0 Å². The molecule has 88 heavy (non-hydrogen) atoms. The standard InChI is InChI=1S/C48H80O40/c49-1-10-19(54)27(62)33(68)41(77-10)72-7-16-23(58)32(67)44(82-16)87-38-26(61)14(5-53)81-48(38)85-36-18(84-42(35(36)70)73-6-15-22(57)30(65)40(71)76-15)9-75-46-37(25(60)13(4-52)80-46)86-43-31(66)24(59)17(83-43)8-74-47-39(29(64)21(56)12(3-51)79-47)88-45-34(69)28(63)20(55)11(2-50)78-45/h10-71H,1-9H2/t10-,11-,12-,13-,14-,15-,16-,17-,18-,19-,20-,21-,22-,23-,24-,25-,26-,27+,28+,29+,30+,31+,32+,33+,34+,35+,36-,37+,38+,39+,40+,41+,42+,43+,44+,45-,46+,47+,48-/m1/s1. The fourth-order valence-electron chi connectivity index (χ4n) is 11.3. The van der Waals surface area contributed by atoms with Crippen LogP contribution in [0.15, 0.2) is 0 Å². The molecule has 0 bridgehead atoms. The summed E-state index contributed by atoms with van der Waals surface area (Å²) in [5, 5.41) is 242. The van der Waals surface area contributed by atoms with E-state index in [1.54, 1.807) is 0 Å². The van der Waals surface area contributed by atoms with Crippen LogP contribution >= 0.6 is 0 Å². The van der Waals surface area contributed by atoms with Gasteiger partial charge in [-0.3, -0.25) is 0 Å². The van der Waals surface area contributed by atoms with Crippen LogP contribution in [0, 0.1) is 0 Å². The van der Waals surface area contributed by atoms with Crippen LogP contribution in [0.4, 0.5) is 0 Å². The van der Waals surface area contributed by atoms with Crippen LogP contribution in [-0.4, -0.2) is 417 Å². The van der Waals surface area contributed by atoms with Gasteiger partial charge >= 0.3 is 0 Å². The van der Waals surface area contributed by atoms with Gasteiger partial charge in [0.1, 0.15) is 183 Å². The van der Waals surface area contributed by atoms with Crippen LogP contribution in [0.25, 0.3) is 0 Å². The lowest BCUT2D eigenvalue weighted by Gasteiger charge is -2.46. The molecule has 512 valence electrons. The maximum atomic E-state index is 11.8. The minimum Gasteiger partial charge on any atom is -0.394 e. The lowest BCUT2D eigenvalue weighted by atomic mass is 9.97. The Morgan fingerprint density at radius 1 is 0.193 bits per heavy atom. The highest BCUT2D eigenvalue weighted by Gasteiger charge is 2.58. The highest BCUT2D eigenvalue weighted by Crippen LogP contribution is 2.38. The first-order chi connectivity index (χ1) is 41.8. The summed E-state index contributed by atoms with van der Waals surface area (Å²) in [6, 6.07) is 0. The molecule has 40 heteroatoms. The summed E-state index contributed by atoms with van der Waals surface area (Å²) in [7, 11) is 0. The smallest absolute Gasteiger partial charge is 0.187 e. The lowest BCUT2D eigenvalue weighted by Crippen LogP contribution is -2.64. The van der Waals surface area contributed by atoms with Crippen molar-refractivity contribution in [1.29, 1.82) is 0 Å². The lowest BCUT2D eigenvalue weighted by molar-refractivity contribution is -0.369. The number of ether oxygens (including phenoxy) is 17. The zero-order valence-corrected chi connectivity index (χ0v) is 46.1. The van der Waals surface area contributed by atoms with Crippen molar-refractivity contribution in [3.8, 4) is 0 Å². The average molecular weight is 1300 g/mol. The van der Waals surface area contributed by atoms with E-state index in [-0.39, 0.29) is 0 Å². The van der Waals surface area contributed by atoms with Gasteiger partial charge in [0.15, 0.2) is 56.6 Å². The Kier molecular flexibility index (Phi) is 24.4. The zero-order valence-electron chi connectivity index (χ0n) is 46.1. The zero-order chi connectivity index (χ0) is 63.9. The Balaban J connectivity index is 0.866. The molecule has 0 amide bonds. The van der Waals surface area contributed by atoms with Crippen molar-refractivity contribution in [1.82, 2.24) is 0 Å². The molecular weight excluding hydrogens is 1220 g/mol. The number of aliphatic hydroxyl groups is 23. The van der Waals surface area contributed by atoms with E-state index in [0.29, 0.717) is 0 Å². The maximum absolute atomic E-state index is 11.8. The van der Waals surface area contributed by atoms with E-state index in [9.17, 15) is 117 Å². The van der Waals surface area contributed by atoms with Gasteiger partial charge in [-0.1, -0.05) is 0 Å². The van der Waals surface area contributed by atoms with Crippen molar-refractivity contribution in [2.24, 2.45) is 0 Å². The normalized spacial score (nSPS) is 53.4. The fourth-order valence-corrected chi connectivity index (χ4v) is 11.3. The van der Waals surface area contributed by atoms with Crippen molar-refractivity contribution < 1.29 is 198 Å². The second-order valence-corrected chi connectivity index (χ2v) is 22.4. The van der Waals surface area contributed by atoms with Crippen LogP contribution in [0.3, 0.4) is 0 Å². The van der Waals surface area contributed by atoms with Crippen molar-refractivity contribution in [2.75, 3.05) is 59.5 Å². The number of hydrogen-bond acceptors (Lipinski definition) is 40. The van der Waals surface area contributed by atoms with Crippen LogP contribution in [-0.2, 0) is 80.5 Å². The van der Waals surface area contributed by atoms with Gasteiger partial charge in [0, 0.05) is 0 Å². The van der Waals surface area contributed by atoms with Gasteiger partial charge in [-0.25, -0.2) is 0 Å². The van der Waals surface area contributed by atoms with Gasteiger partial charge in [-0.2, -0.15) is 0 Å². The second kappa shape index (κ2) is 30.4. The van der Waals surface area contributed by atoms with E-state index in [2.05, 4.69) is 0 Å².